The standard InChI is InChI=1S/C19H22N4O/c1-11-8-14-6-4-5-7-15(14)9-23(11)10-16-21-18(20)17-12(2)13(3)24-19(17)22-16/h4-7,11H,8-10H2,1-3H3,(H2,20,21,22). The lowest BCUT2D eigenvalue weighted by atomic mass is 9.95. The van der Waals surface area contributed by atoms with Crippen LogP contribution in [0.3, 0.4) is 0 Å². The van der Waals surface area contributed by atoms with Gasteiger partial charge in [-0.25, -0.2) is 4.98 Å². The molecule has 0 radical (unpaired) electrons. The maximum atomic E-state index is 6.16. The summed E-state index contributed by atoms with van der Waals surface area (Å²) in [6, 6.07) is 9.08. The Morgan fingerprint density at radius 3 is 2.75 bits per heavy atom. The molecule has 2 aromatic heterocycles. The number of aryl methyl sites for hydroxylation is 2. The van der Waals surface area contributed by atoms with Crippen molar-refractivity contribution in [1.29, 1.82) is 0 Å². The fourth-order valence-electron chi connectivity index (χ4n) is 3.52. The van der Waals surface area contributed by atoms with Crippen molar-refractivity contribution in [3.8, 4) is 0 Å². The molecule has 0 amide bonds. The lowest BCUT2D eigenvalue weighted by Gasteiger charge is -2.34. The van der Waals surface area contributed by atoms with Gasteiger partial charge in [-0.1, -0.05) is 24.3 Å². The molecule has 0 saturated carbocycles. The van der Waals surface area contributed by atoms with Crippen LogP contribution in [0.4, 0.5) is 5.82 Å². The van der Waals surface area contributed by atoms with Crippen molar-refractivity contribution in [1.82, 2.24) is 14.9 Å². The van der Waals surface area contributed by atoms with E-state index in [1.54, 1.807) is 0 Å². The molecule has 1 aliphatic heterocycles. The summed E-state index contributed by atoms with van der Waals surface area (Å²) < 4.78 is 5.74. The second-order valence-electron chi connectivity index (χ2n) is 6.72. The molecule has 0 spiro atoms. The Labute approximate surface area is 141 Å². The molecule has 1 unspecified atom stereocenters. The van der Waals surface area contributed by atoms with Crippen LogP contribution in [-0.4, -0.2) is 20.9 Å². The van der Waals surface area contributed by atoms with Crippen molar-refractivity contribution < 1.29 is 4.42 Å². The molecule has 2 N–H and O–H groups in total. The number of fused-ring (bicyclic) bond motifs is 2. The van der Waals surface area contributed by atoms with E-state index >= 15 is 0 Å². The van der Waals surface area contributed by atoms with Gasteiger partial charge >= 0.3 is 0 Å². The Morgan fingerprint density at radius 2 is 1.96 bits per heavy atom. The van der Waals surface area contributed by atoms with Gasteiger partial charge in [0.25, 0.3) is 0 Å². The van der Waals surface area contributed by atoms with Gasteiger partial charge in [0.15, 0.2) is 0 Å². The van der Waals surface area contributed by atoms with Crippen molar-refractivity contribution in [3.63, 3.8) is 0 Å². The van der Waals surface area contributed by atoms with Crippen LogP contribution in [0.15, 0.2) is 28.7 Å². The van der Waals surface area contributed by atoms with E-state index < -0.39 is 0 Å². The lowest BCUT2D eigenvalue weighted by Crippen LogP contribution is -2.38. The predicted octanol–water partition coefficient (Wildman–Crippen LogP) is 3.37. The maximum Gasteiger partial charge on any atom is 0.231 e. The number of benzene rings is 1. The minimum atomic E-state index is 0.445. The van der Waals surface area contributed by atoms with Crippen LogP contribution in [0.1, 0.15) is 35.2 Å². The van der Waals surface area contributed by atoms with Gasteiger partial charge in [-0.15, -0.1) is 0 Å². The normalized spacial score (nSPS) is 18.0. The van der Waals surface area contributed by atoms with Crippen molar-refractivity contribution in [2.45, 2.75) is 46.3 Å². The highest BCUT2D eigenvalue weighted by Crippen LogP contribution is 2.28. The molecule has 0 aliphatic carbocycles. The Bertz CT molecular complexity index is 915. The zero-order valence-corrected chi connectivity index (χ0v) is 14.3. The summed E-state index contributed by atoms with van der Waals surface area (Å²) in [6.07, 6.45) is 1.05. The first kappa shape index (κ1) is 15.1. The molecule has 0 fully saturated rings. The van der Waals surface area contributed by atoms with E-state index in [0.717, 1.165) is 35.5 Å². The van der Waals surface area contributed by atoms with E-state index in [2.05, 4.69) is 46.1 Å². The molecule has 1 atom stereocenters. The summed E-state index contributed by atoms with van der Waals surface area (Å²) in [5.41, 5.74) is 10.6. The zero-order chi connectivity index (χ0) is 16.8. The second kappa shape index (κ2) is 5.60. The number of aromatic nitrogens is 2. The van der Waals surface area contributed by atoms with Gasteiger partial charge in [-0.2, -0.15) is 4.98 Å². The Balaban J connectivity index is 1.65. The van der Waals surface area contributed by atoms with Crippen LogP contribution in [0.5, 0.6) is 0 Å². The third-order valence-corrected chi connectivity index (χ3v) is 5.08. The number of furan rings is 1. The van der Waals surface area contributed by atoms with E-state index in [1.165, 1.54) is 11.1 Å². The number of rotatable bonds is 2. The van der Waals surface area contributed by atoms with Crippen molar-refractivity contribution in [2.24, 2.45) is 0 Å². The van der Waals surface area contributed by atoms with E-state index in [-0.39, 0.29) is 0 Å². The molecule has 1 aliphatic rings. The van der Waals surface area contributed by atoms with Gasteiger partial charge in [-0.05, 0) is 38.3 Å². The summed E-state index contributed by atoms with van der Waals surface area (Å²) in [6.45, 7) is 7.76. The average molecular weight is 322 g/mol. The van der Waals surface area contributed by atoms with Crippen molar-refractivity contribution >= 4 is 16.9 Å². The number of hydrogen-bond acceptors (Lipinski definition) is 5. The maximum absolute atomic E-state index is 6.16. The largest absolute Gasteiger partial charge is 0.443 e. The highest BCUT2D eigenvalue weighted by molar-refractivity contribution is 5.88. The monoisotopic (exact) mass is 322 g/mol. The van der Waals surface area contributed by atoms with E-state index in [4.69, 9.17) is 10.2 Å². The second-order valence-corrected chi connectivity index (χ2v) is 6.72. The molecular formula is C19H22N4O. The molecule has 124 valence electrons. The molecule has 4 rings (SSSR count). The van der Waals surface area contributed by atoms with E-state index in [1.807, 2.05) is 13.8 Å². The molecule has 1 aromatic carbocycles. The smallest absolute Gasteiger partial charge is 0.231 e. The third kappa shape index (κ3) is 2.45. The minimum Gasteiger partial charge on any atom is -0.443 e. The molecule has 5 heteroatoms. The molecular weight excluding hydrogens is 300 g/mol. The topological polar surface area (TPSA) is 68.2 Å². The predicted molar refractivity (Wildman–Crippen MR) is 94.5 cm³/mol. The summed E-state index contributed by atoms with van der Waals surface area (Å²) in [5.74, 6) is 2.08. The SMILES string of the molecule is Cc1oc2nc(CN3Cc4ccccc4CC3C)nc(N)c2c1C. The van der Waals surface area contributed by atoms with Crippen LogP contribution in [0.2, 0.25) is 0 Å². The van der Waals surface area contributed by atoms with Crippen molar-refractivity contribution in [2.75, 3.05) is 5.73 Å². The number of anilines is 1. The number of nitrogen functional groups attached to an aromatic ring is 1. The van der Waals surface area contributed by atoms with Crippen LogP contribution in [0, 0.1) is 13.8 Å². The van der Waals surface area contributed by atoms with Crippen LogP contribution in [-0.2, 0) is 19.5 Å². The van der Waals surface area contributed by atoms with Gasteiger partial charge in [-0.3, -0.25) is 4.90 Å². The summed E-state index contributed by atoms with van der Waals surface area (Å²) in [4.78, 5) is 11.5. The Hall–Kier alpha value is -2.40. The van der Waals surface area contributed by atoms with Gasteiger partial charge in [0.2, 0.25) is 5.71 Å². The number of hydrogen-bond donors (Lipinski definition) is 1. The fourth-order valence-corrected chi connectivity index (χ4v) is 3.52. The number of nitrogens with two attached hydrogens (primary N) is 1. The van der Waals surface area contributed by atoms with Gasteiger partial charge in [0.1, 0.15) is 17.4 Å². The Kier molecular flexibility index (Phi) is 3.53. The van der Waals surface area contributed by atoms with Crippen LogP contribution < -0.4 is 5.73 Å². The highest BCUT2D eigenvalue weighted by atomic mass is 16.3. The number of nitrogens with zero attached hydrogens (tertiary/aromatic N) is 3. The molecule has 24 heavy (non-hydrogen) atoms. The van der Waals surface area contributed by atoms with Gasteiger partial charge in [0, 0.05) is 18.2 Å². The summed E-state index contributed by atoms with van der Waals surface area (Å²) >= 11 is 0. The average Bonchev–Trinajstić information content (AvgIpc) is 2.83. The first-order valence-electron chi connectivity index (χ1n) is 8.36. The molecule has 3 aromatic rings. The highest BCUT2D eigenvalue weighted by Gasteiger charge is 2.24. The summed E-state index contributed by atoms with van der Waals surface area (Å²) in [5, 5.41) is 0.841. The molecule has 5 nitrogen and oxygen atoms in total. The lowest BCUT2D eigenvalue weighted by molar-refractivity contribution is 0.171. The zero-order valence-electron chi connectivity index (χ0n) is 14.3. The van der Waals surface area contributed by atoms with Gasteiger partial charge in [0.05, 0.1) is 11.9 Å². The summed E-state index contributed by atoms with van der Waals surface area (Å²) in [7, 11) is 0. The fraction of sp³-hybridized carbons (Fsp3) is 0.368. The van der Waals surface area contributed by atoms with Gasteiger partial charge < -0.3 is 10.2 Å². The minimum absolute atomic E-state index is 0.445. The first-order valence-corrected chi connectivity index (χ1v) is 8.36. The van der Waals surface area contributed by atoms with Crippen LogP contribution >= 0.6 is 0 Å². The van der Waals surface area contributed by atoms with E-state index in [0.29, 0.717) is 24.1 Å². The van der Waals surface area contributed by atoms with E-state index in [9.17, 15) is 0 Å². The molecule has 0 bridgehead atoms. The van der Waals surface area contributed by atoms with Crippen LogP contribution in [0.25, 0.3) is 11.1 Å². The van der Waals surface area contributed by atoms with Crippen molar-refractivity contribution in [3.05, 3.63) is 52.5 Å². The molecule has 3 heterocycles. The third-order valence-electron chi connectivity index (χ3n) is 5.08. The first-order chi connectivity index (χ1) is 11.5. The quantitative estimate of drug-likeness (QED) is 0.783. The Morgan fingerprint density at radius 1 is 1.21 bits per heavy atom. The molecule has 0 saturated heterocycles.